The van der Waals surface area contributed by atoms with E-state index in [1.807, 2.05) is 42.2 Å². The molecule has 6 rings (SSSR count). The van der Waals surface area contributed by atoms with E-state index in [-0.39, 0.29) is 0 Å². The Morgan fingerprint density at radius 1 is 1.00 bits per heavy atom. The fourth-order valence-corrected chi connectivity index (χ4v) is 5.27. The van der Waals surface area contributed by atoms with E-state index in [9.17, 15) is 0 Å². The van der Waals surface area contributed by atoms with E-state index in [0.717, 1.165) is 41.3 Å². The van der Waals surface area contributed by atoms with Crippen LogP contribution in [0.2, 0.25) is 0 Å². The Labute approximate surface area is 174 Å². The van der Waals surface area contributed by atoms with Crippen molar-refractivity contribution < 1.29 is 0 Å². The Bertz CT molecular complexity index is 1210. The lowest BCUT2D eigenvalue weighted by atomic mass is 9.93. The van der Waals surface area contributed by atoms with Gasteiger partial charge in [0, 0.05) is 50.2 Å². The molecule has 9 heteroatoms. The van der Waals surface area contributed by atoms with Gasteiger partial charge in [0.05, 0.1) is 11.9 Å². The molecule has 0 aromatic carbocycles. The molecule has 0 spiro atoms. The average Bonchev–Trinajstić information content (AvgIpc) is 3.44. The number of hydrogen-bond donors (Lipinski definition) is 2. The minimum atomic E-state index is 0.448. The molecule has 1 saturated carbocycles. The highest BCUT2D eigenvalue weighted by Gasteiger charge is 2.41. The van der Waals surface area contributed by atoms with Crippen LogP contribution in [0.4, 0.5) is 11.8 Å². The second kappa shape index (κ2) is 6.66. The molecular weight excluding hydrogens is 378 g/mol. The summed E-state index contributed by atoms with van der Waals surface area (Å²) in [7, 11) is 4.12. The van der Waals surface area contributed by atoms with Crippen LogP contribution in [0.5, 0.6) is 0 Å². The van der Waals surface area contributed by atoms with Gasteiger partial charge in [-0.3, -0.25) is 0 Å². The summed E-state index contributed by atoms with van der Waals surface area (Å²) in [6, 6.07) is 6.36. The van der Waals surface area contributed by atoms with Gasteiger partial charge in [-0.2, -0.15) is 10.1 Å². The molecule has 5 heterocycles. The second-order valence-electron chi connectivity index (χ2n) is 8.49. The summed E-state index contributed by atoms with van der Waals surface area (Å²) in [5, 5.41) is 15.9. The summed E-state index contributed by atoms with van der Waals surface area (Å²) in [5.74, 6) is 2.80. The number of rotatable bonds is 4. The standard InChI is InChI=1S/C21H25N9/c1-22-20-19-15(16-7-10-29-17(24-16)5-8-23-29)6-9-30(19)27-21(26-20)25-18-13-3-4-14(18)12-28(2)11-13/h5-10,13-14,18H,3-4,11-12H2,1-2H3,(H2,22,25,26,27). The van der Waals surface area contributed by atoms with Gasteiger partial charge in [-0.15, -0.1) is 5.10 Å². The van der Waals surface area contributed by atoms with E-state index in [2.05, 4.69) is 27.7 Å². The van der Waals surface area contributed by atoms with Gasteiger partial charge < -0.3 is 15.5 Å². The molecule has 30 heavy (non-hydrogen) atoms. The third kappa shape index (κ3) is 2.72. The van der Waals surface area contributed by atoms with Gasteiger partial charge >= 0.3 is 0 Å². The molecule has 0 radical (unpaired) electrons. The van der Waals surface area contributed by atoms with Crippen LogP contribution in [0.15, 0.2) is 36.8 Å². The zero-order valence-corrected chi connectivity index (χ0v) is 17.2. The smallest absolute Gasteiger partial charge is 0.243 e. The summed E-state index contributed by atoms with van der Waals surface area (Å²) in [5.41, 5.74) is 3.61. The van der Waals surface area contributed by atoms with Gasteiger partial charge in [0.25, 0.3) is 0 Å². The van der Waals surface area contributed by atoms with Crippen LogP contribution in [0, 0.1) is 11.8 Å². The van der Waals surface area contributed by atoms with Gasteiger partial charge in [-0.1, -0.05) is 0 Å². The molecule has 1 saturated heterocycles. The third-order valence-electron chi connectivity index (χ3n) is 6.59. The number of piperidine rings is 1. The Balaban J connectivity index is 1.38. The third-order valence-corrected chi connectivity index (χ3v) is 6.59. The minimum absolute atomic E-state index is 0.448. The monoisotopic (exact) mass is 403 g/mol. The average molecular weight is 403 g/mol. The van der Waals surface area contributed by atoms with E-state index in [4.69, 9.17) is 15.1 Å². The van der Waals surface area contributed by atoms with Gasteiger partial charge in [0.2, 0.25) is 5.95 Å². The predicted molar refractivity (Wildman–Crippen MR) is 116 cm³/mol. The lowest BCUT2D eigenvalue weighted by Gasteiger charge is -2.36. The van der Waals surface area contributed by atoms with Crippen molar-refractivity contribution in [3.63, 3.8) is 0 Å². The van der Waals surface area contributed by atoms with E-state index >= 15 is 0 Å². The summed E-state index contributed by atoms with van der Waals surface area (Å²) >= 11 is 0. The normalized spacial score (nSPS) is 24.0. The molecule has 4 aromatic rings. The van der Waals surface area contributed by atoms with Crippen LogP contribution >= 0.6 is 0 Å². The number of anilines is 2. The highest BCUT2D eigenvalue weighted by atomic mass is 15.3. The zero-order chi connectivity index (χ0) is 20.2. The molecular formula is C21H25N9. The molecule has 4 aromatic heterocycles. The van der Waals surface area contributed by atoms with Gasteiger partial charge in [0.15, 0.2) is 11.5 Å². The molecule has 2 N–H and O–H groups in total. The van der Waals surface area contributed by atoms with Crippen molar-refractivity contribution in [1.82, 2.24) is 34.1 Å². The van der Waals surface area contributed by atoms with Crippen molar-refractivity contribution in [2.24, 2.45) is 11.8 Å². The quantitative estimate of drug-likeness (QED) is 0.540. The number of nitrogens with zero attached hydrogens (tertiary/aromatic N) is 7. The predicted octanol–water partition coefficient (Wildman–Crippen LogP) is 2.23. The molecule has 154 valence electrons. The van der Waals surface area contributed by atoms with Crippen molar-refractivity contribution in [3.8, 4) is 11.3 Å². The van der Waals surface area contributed by atoms with Gasteiger partial charge in [-0.25, -0.2) is 14.0 Å². The zero-order valence-electron chi connectivity index (χ0n) is 17.2. The molecule has 9 nitrogen and oxygen atoms in total. The first kappa shape index (κ1) is 17.6. The largest absolute Gasteiger partial charge is 0.371 e. The molecule has 2 bridgehead atoms. The first-order chi connectivity index (χ1) is 14.7. The van der Waals surface area contributed by atoms with Gasteiger partial charge in [0.1, 0.15) is 5.52 Å². The Kier molecular flexibility index (Phi) is 3.92. The lowest BCUT2D eigenvalue weighted by molar-refractivity contribution is 0.186. The summed E-state index contributed by atoms with van der Waals surface area (Å²) in [6.07, 6.45) is 8.21. The Hall–Kier alpha value is -3.20. The molecule has 2 fully saturated rings. The number of fused-ring (bicyclic) bond motifs is 4. The summed E-state index contributed by atoms with van der Waals surface area (Å²) in [6.45, 7) is 2.29. The number of nitrogens with one attached hydrogen (secondary N) is 2. The number of likely N-dealkylation sites (tertiary alicyclic amines) is 1. The van der Waals surface area contributed by atoms with E-state index < -0.39 is 0 Å². The minimum Gasteiger partial charge on any atom is -0.371 e. The Morgan fingerprint density at radius 3 is 2.60 bits per heavy atom. The van der Waals surface area contributed by atoms with Crippen LogP contribution < -0.4 is 10.6 Å². The first-order valence-electron chi connectivity index (χ1n) is 10.5. The van der Waals surface area contributed by atoms with Crippen LogP contribution in [0.25, 0.3) is 22.4 Å². The van der Waals surface area contributed by atoms with Gasteiger partial charge in [-0.05, 0) is 43.9 Å². The maximum atomic E-state index is 4.83. The van der Waals surface area contributed by atoms with E-state index in [0.29, 0.717) is 23.8 Å². The van der Waals surface area contributed by atoms with Crippen molar-refractivity contribution in [3.05, 3.63) is 36.8 Å². The maximum Gasteiger partial charge on any atom is 0.243 e. The van der Waals surface area contributed by atoms with E-state index in [1.165, 1.54) is 12.8 Å². The molecule has 2 unspecified atom stereocenters. The molecule has 2 atom stereocenters. The van der Waals surface area contributed by atoms with Crippen molar-refractivity contribution >= 4 is 22.9 Å². The lowest BCUT2D eigenvalue weighted by Crippen LogP contribution is -2.46. The highest BCUT2D eigenvalue weighted by molar-refractivity contribution is 5.87. The second-order valence-corrected chi connectivity index (χ2v) is 8.49. The topological polar surface area (TPSA) is 87.7 Å². The maximum absolute atomic E-state index is 4.83. The summed E-state index contributed by atoms with van der Waals surface area (Å²) < 4.78 is 3.66. The number of aromatic nitrogens is 6. The van der Waals surface area contributed by atoms with Crippen LogP contribution in [0.1, 0.15) is 12.8 Å². The summed E-state index contributed by atoms with van der Waals surface area (Å²) in [4.78, 5) is 12.0. The molecule has 1 aliphatic carbocycles. The molecule has 2 aliphatic rings. The fraction of sp³-hybridized carbons (Fsp3) is 0.429. The SMILES string of the molecule is CNc1nc(NC2C3CCC2CN(C)C3)nn2ccc(-c3ccn4nccc4n3)c12. The van der Waals surface area contributed by atoms with E-state index in [1.54, 1.807) is 10.7 Å². The van der Waals surface area contributed by atoms with Crippen molar-refractivity contribution in [1.29, 1.82) is 0 Å². The highest BCUT2D eigenvalue weighted by Crippen LogP contribution is 2.38. The number of hydrogen-bond acceptors (Lipinski definition) is 7. The van der Waals surface area contributed by atoms with Crippen LogP contribution in [0.3, 0.4) is 0 Å². The molecule has 0 amide bonds. The molecule has 1 aliphatic heterocycles. The van der Waals surface area contributed by atoms with Crippen molar-refractivity contribution in [2.75, 3.05) is 37.8 Å². The first-order valence-corrected chi connectivity index (χ1v) is 10.5. The van der Waals surface area contributed by atoms with Crippen LogP contribution in [-0.2, 0) is 0 Å². The Morgan fingerprint density at radius 2 is 1.80 bits per heavy atom. The van der Waals surface area contributed by atoms with Crippen LogP contribution in [-0.4, -0.2) is 67.3 Å². The fourth-order valence-electron chi connectivity index (χ4n) is 5.27. The van der Waals surface area contributed by atoms with Crippen molar-refractivity contribution in [2.45, 2.75) is 18.9 Å².